The van der Waals surface area contributed by atoms with Gasteiger partial charge < -0.3 is 9.84 Å². The van der Waals surface area contributed by atoms with Gasteiger partial charge in [-0.2, -0.15) is 8.42 Å². The Labute approximate surface area is 177 Å². The quantitative estimate of drug-likeness (QED) is 0.399. The molecule has 26 heavy (non-hydrogen) atoms. The molecule has 0 radical (unpaired) electrons. The SMILES string of the molecule is CCCCCCCc1ccc(Oc2cccc(S(=O)(=O)O)c2)cc1[O-].[Na+]. The molecular weight excluding hydrogens is 363 g/mol. The standard InChI is InChI=1S/C19H24O5S.Na/c1-2-3-4-5-6-8-15-11-12-17(14-19(15)20)24-16-9-7-10-18(13-16)25(21,22)23;/h7,9-14,20H,2-6,8H2,1H3,(H,21,22,23);/q;+1/p-1. The summed E-state index contributed by atoms with van der Waals surface area (Å²) >= 11 is 0. The first kappa shape index (κ1) is 23.0. The van der Waals surface area contributed by atoms with Gasteiger partial charge in [-0.3, -0.25) is 4.55 Å². The zero-order chi connectivity index (χ0) is 18.3. The van der Waals surface area contributed by atoms with Crippen LogP contribution in [0.25, 0.3) is 0 Å². The zero-order valence-corrected chi connectivity index (χ0v) is 18.1. The van der Waals surface area contributed by atoms with Crippen LogP contribution in [0.3, 0.4) is 0 Å². The fourth-order valence-corrected chi connectivity index (χ4v) is 3.07. The number of unbranched alkanes of at least 4 members (excludes halogenated alkanes) is 4. The van der Waals surface area contributed by atoms with Crippen LogP contribution in [0, 0.1) is 0 Å². The maximum atomic E-state index is 12.2. The summed E-state index contributed by atoms with van der Waals surface area (Å²) in [6.07, 6.45) is 6.47. The molecule has 2 rings (SSSR count). The van der Waals surface area contributed by atoms with Gasteiger partial charge in [0.2, 0.25) is 0 Å². The van der Waals surface area contributed by atoms with E-state index >= 15 is 0 Å². The van der Waals surface area contributed by atoms with Crippen LogP contribution in [0.15, 0.2) is 47.4 Å². The van der Waals surface area contributed by atoms with E-state index in [2.05, 4.69) is 6.92 Å². The maximum Gasteiger partial charge on any atom is 1.00 e. The minimum Gasteiger partial charge on any atom is -0.872 e. The molecule has 0 amide bonds. The van der Waals surface area contributed by atoms with Crippen molar-refractivity contribution in [1.82, 2.24) is 0 Å². The van der Waals surface area contributed by atoms with Gasteiger partial charge in [0.15, 0.2) is 0 Å². The molecule has 5 nitrogen and oxygen atoms in total. The third kappa shape index (κ3) is 7.29. The van der Waals surface area contributed by atoms with Gasteiger partial charge in [-0.1, -0.05) is 50.3 Å². The number of hydrogen-bond acceptors (Lipinski definition) is 4. The normalized spacial score (nSPS) is 11.0. The second-order valence-electron chi connectivity index (χ2n) is 5.99. The second kappa shape index (κ2) is 10.9. The predicted octanol–water partition coefficient (Wildman–Crippen LogP) is 1.32. The van der Waals surface area contributed by atoms with Gasteiger partial charge in [-0.15, -0.1) is 5.75 Å². The van der Waals surface area contributed by atoms with Crippen LogP contribution in [0.1, 0.15) is 44.6 Å². The second-order valence-corrected chi connectivity index (χ2v) is 7.41. The molecule has 1 N–H and O–H groups in total. The van der Waals surface area contributed by atoms with Gasteiger partial charge in [-0.05, 0) is 37.1 Å². The Morgan fingerprint density at radius 1 is 1.00 bits per heavy atom. The topological polar surface area (TPSA) is 86.7 Å². The van der Waals surface area contributed by atoms with E-state index in [0.29, 0.717) is 5.75 Å². The zero-order valence-electron chi connectivity index (χ0n) is 15.3. The number of rotatable bonds is 9. The molecule has 136 valence electrons. The summed E-state index contributed by atoms with van der Waals surface area (Å²) in [5.74, 6) is 0.494. The summed E-state index contributed by atoms with van der Waals surface area (Å²) in [5.41, 5.74) is 0.760. The van der Waals surface area contributed by atoms with Crippen LogP contribution in [0.2, 0.25) is 0 Å². The number of aryl methyl sites for hydroxylation is 1. The van der Waals surface area contributed by atoms with Crippen molar-refractivity contribution in [3.8, 4) is 17.2 Å². The molecule has 0 spiro atoms. The van der Waals surface area contributed by atoms with Gasteiger partial charge in [-0.25, -0.2) is 0 Å². The Morgan fingerprint density at radius 2 is 1.69 bits per heavy atom. The minimum absolute atomic E-state index is 0. The van der Waals surface area contributed by atoms with E-state index in [4.69, 9.17) is 9.29 Å². The van der Waals surface area contributed by atoms with Crippen LogP contribution in [0.4, 0.5) is 0 Å². The Kier molecular flexibility index (Phi) is 9.68. The smallest absolute Gasteiger partial charge is 0.872 e. The molecule has 0 bridgehead atoms. The van der Waals surface area contributed by atoms with E-state index in [1.807, 2.05) is 0 Å². The van der Waals surface area contributed by atoms with E-state index in [0.717, 1.165) is 24.8 Å². The number of benzene rings is 2. The van der Waals surface area contributed by atoms with E-state index in [1.165, 1.54) is 43.5 Å². The summed E-state index contributed by atoms with van der Waals surface area (Å²) in [7, 11) is -4.29. The first-order chi connectivity index (χ1) is 11.9. The Bertz CT molecular complexity index is 805. The van der Waals surface area contributed by atoms with Crippen molar-refractivity contribution in [2.45, 2.75) is 50.3 Å². The minimum atomic E-state index is -4.29. The van der Waals surface area contributed by atoms with E-state index in [-0.39, 0.29) is 46.0 Å². The molecule has 0 fully saturated rings. The van der Waals surface area contributed by atoms with E-state index in [1.54, 1.807) is 18.2 Å². The maximum absolute atomic E-state index is 12.2. The van der Waals surface area contributed by atoms with Crippen LogP contribution in [0.5, 0.6) is 17.2 Å². The molecule has 2 aromatic rings. The van der Waals surface area contributed by atoms with Crippen molar-refractivity contribution in [3.63, 3.8) is 0 Å². The van der Waals surface area contributed by atoms with E-state index < -0.39 is 10.1 Å². The molecule has 0 heterocycles. The van der Waals surface area contributed by atoms with Crippen LogP contribution in [-0.4, -0.2) is 13.0 Å². The van der Waals surface area contributed by atoms with Crippen molar-refractivity contribution in [2.75, 3.05) is 0 Å². The Hall–Kier alpha value is -1.05. The molecule has 0 unspecified atom stereocenters. The summed E-state index contributed by atoms with van der Waals surface area (Å²) < 4.78 is 36.9. The van der Waals surface area contributed by atoms with Gasteiger partial charge in [0.25, 0.3) is 10.1 Å². The first-order valence-corrected chi connectivity index (χ1v) is 9.89. The van der Waals surface area contributed by atoms with E-state index in [9.17, 15) is 13.5 Å². The van der Waals surface area contributed by atoms with Crippen molar-refractivity contribution in [1.29, 1.82) is 0 Å². The van der Waals surface area contributed by atoms with Gasteiger partial charge in [0.05, 0.1) is 4.90 Å². The fraction of sp³-hybridized carbons (Fsp3) is 0.368. The average Bonchev–Trinajstić information content (AvgIpc) is 2.56. The summed E-state index contributed by atoms with van der Waals surface area (Å²) in [4.78, 5) is -0.254. The average molecular weight is 386 g/mol. The molecule has 0 atom stereocenters. The van der Waals surface area contributed by atoms with Gasteiger partial charge >= 0.3 is 29.6 Å². The summed E-state index contributed by atoms with van der Waals surface area (Å²) in [5, 5.41) is 12.2. The molecule has 0 aliphatic carbocycles. The Balaban J connectivity index is 0.00000338. The summed E-state index contributed by atoms with van der Waals surface area (Å²) in [6.45, 7) is 2.17. The van der Waals surface area contributed by atoms with Crippen LogP contribution >= 0.6 is 0 Å². The van der Waals surface area contributed by atoms with Gasteiger partial charge in [0, 0.05) is 6.07 Å². The molecule has 0 aliphatic heterocycles. The number of ether oxygens (including phenoxy) is 1. The first-order valence-electron chi connectivity index (χ1n) is 8.45. The summed E-state index contributed by atoms with van der Waals surface area (Å²) in [6, 6.07) is 10.3. The predicted molar refractivity (Wildman–Crippen MR) is 94.7 cm³/mol. The van der Waals surface area contributed by atoms with Crippen molar-refractivity contribution >= 4 is 10.1 Å². The molecule has 0 aromatic heterocycles. The van der Waals surface area contributed by atoms with Crippen LogP contribution < -0.4 is 39.4 Å². The molecule has 0 saturated carbocycles. The van der Waals surface area contributed by atoms with Crippen molar-refractivity contribution in [3.05, 3.63) is 48.0 Å². The molecular formula is C19H23NaO5S. The van der Waals surface area contributed by atoms with Crippen molar-refractivity contribution < 1.29 is 52.4 Å². The third-order valence-electron chi connectivity index (χ3n) is 3.93. The monoisotopic (exact) mass is 386 g/mol. The Morgan fingerprint density at radius 3 is 2.35 bits per heavy atom. The molecule has 0 saturated heterocycles. The largest absolute Gasteiger partial charge is 1.00 e. The number of hydrogen-bond donors (Lipinski definition) is 1. The van der Waals surface area contributed by atoms with Crippen molar-refractivity contribution in [2.24, 2.45) is 0 Å². The molecule has 7 heteroatoms. The third-order valence-corrected chi connectivity index (χ3v) is 4.78. The van der Waals surface area contributed by atoms with Crippen LogP contribution in [-0.2, 0) is 16.5 Å². The fourth-order valence-electron chi connectivity index (χ4n) is 2.56. The van der Waals surface area contributed by atoms with Gasteiger partial charge in [0.1, 0.15) is 11.5 Å². The molecule has 2 aromatic carbocycles. The molecule has 0 aliphatic rings.